The number of hydrogen-bond acceptors (Lipinski definition) is 5. The fraction of sp³-hybridized carbons (Fsp3) is 0.133. The Labute approximate surface area is 122 Å². The summed E-state index contributed by atoms with van der Waals surface area (Å²) in [5, 5.41) is 9.28. The summed E-state index contributed by atoms with van der Waals surface area (Å²) in [5.41, 5.74) is 6.88. The Morgan fingerprint density at radius 3 is 2.65 bits per heavy atom. The molecule has 0 saturated heterocycles. The molecule has 2 rings (SSSR count). The molecule has 0 fully saturated rings. The van der Waals surface area contributed by atoms with Crippen molar-refractivity contribution >= 4 is 17.4 Å². The highest BCUT2D eigenvalue weighted by atomic mass is 32.2. The summed E-state index contributed by atoms with van der Waals surface area (Å²) in [6.45, 7) is 0. The van der Waals surface area contributed by atoms with Crippen LogP contribution < -0.4 is 15.2 Å². The summed E-state index contributed by atoms with van der Waals surface area (Å²) in [5.74, 6) is 1.60. The molecule has 0 unspecified atom stereocenters. The van der Waals surface area contributed by atoms with Crippen LogP contribution in [0.2, 0.25) is 0 Å². The van der Waals surface area contributed by atoms with Crippen LogP contribution in [0.3, 0.4) is 0 Å². The van der Waals surface area contributed by atoms with Crippen LogP contribution in [0.5, 0.6) is 17.2 Å². The molecular weight excluding hydrogens is 272 g/mol. The van der Waals surface area contributed by atoms with Gasteiger partial charge in [0, 0.05) is 11.0 Å². The van der Waals surface area contributed by atoms with Gasteiger partial charge in [-0.05, 0) is 30.5 Å². The Balaban J connectivity index is 2.43. The number of ether oxygens (including phenoxy) is 2. The van der Waals surface area contributed by atoms with Crippen molar-refractivity contribution in [2.75, 3.05) is 19.1 Å². The van der Waals surface area contributed by atoms with E-state index in [9.17, 15) is 5.26 Å². The fourth-order valence-electron chi connectivity index (χ4n) is 1.72. The minimum atomic E-state index is 0.471. The molecular formula is C15H14N2O2S. The zero-order valence-electron chi connectivity index (χ0n) is 11.2. The predicted molar refractivity (Wildman–Crippen MR) is 80.4 cm³/mol. The summed E-state index contributed by atoms with van der Waals surface area (Å²) in [4.78, 5) is 0.867. The largest absolute Gasteiger partial charge is 0.497 e. The maximum atomic E-state index is 9.28. The predicted octanol–water partition coefficient (Wildman–Crippen LogP) is 3.66. The van der Waals surface area contributed by atoms with Crippen LogP contribution >= 0.6 is 11.8 Å². The Morgan fingerprint density at radius 2 is 2.00 bits per heavy atom. The first kappa shape index (κ1) is 14.1. The van der Waals surface area contributed by atoms with Crippen LogP contribution in [0, 0.1) is 11.3 Å². The number of nitrogen functional groups attached to an aromatic ring is 1. The lowest BCUT2D eigenvalue weighted by molar-refractivity contribution is 0.409. The van der Waals surface area contributed by atoms with E-state index >= 15 is 0 Å². The molecule has 2 aromatic rings. The number of methoxy groups -OCH3 is 1. The molecule has 0 radical (unpaired) electrons. The zero-order valence-corrected chi connectivity index (χ0v) is 12.0. The molecule has 2 aromatic carbocycles. The standard InChI is InChI=1S/C15H14N2O2S/c1-18-10-6-7-12(17)14(8-10)19-13-4-3-5-15(20-2)11(13)9-16/h3-8H,17H2,1-2H3. The van der Waals surface area contributed by atoms with E-state index in [0.717, 1.165) is 4.90 Å². The average molecular weight is 286 g/mol. The van der Waals surface area contributed by atoms with E-state index in [0.29, 0.717) is 28.5 Å². The van der Waals surface area contributed by atoms with Gasteiger partial charge < -0.3 is 15.2 Å². The topological polar surface area (TPSA) is 68.3 Å². The first-order valence-corrected chi connectivity index (χ1v) is 7.10. The number of rotatable bonds is 4. The van der Waals surface area contributed by atoms with E-state index in [2.05, 4.69) is 6.07 Å². The van der Waals surface area contributed by atoms with Gasteiger partial charge in [0.15, 0.2) is 5.75 Å². The molecule has 4 nitrogen and oxygen atoms in total. The van der Waals surface area contributed by atoms with Crippen molar-refractivity contribution in [3.63, 3.8) is 0 Å². The van der Waals surface area contributed by atoms with Crippen LogP contribution in [-0.2, 0) is 0 Å². The Bertz CT molecular complexity index is 665. The third-order valence-corrected chi connectivity index (χ3v) is 3.54. The Hall–Kier alpha value is -2.32. The average Bonchev–Trinajstić information content (AvgIpc) is 2.49. The van der Waals surface area contributed by atoms with Gasteiger partial charge in [-0.1, -0.05) is 6.07 Å². The molecule has 0 saturated carbocycles. The summed E-state index contributed by atoms with van der Waals surface area (Å²) in [6.07, 6.45) is 1.92. The maximum absolute atomic E-state index is 9.28. The van der Waals surface area contributed by atoms with Crippen molar-refractivity contribution in [1.82, 2.24) is 0 Å². The van der Waals surface area contributed by atoms with Gasteiger partial charge in [0.2, 0.25) is 0 Å². The second-order valence-corrected chi connectivity index (χ2v) is 4.80. The van der Waals surface area contributed by atoms with Gasteiger partial charge in [-0.15, -0.1) is 11.8 Å². The molecule has 2 N–H and O–H groups in total. The molecule has 5 heteroatoms. The van der Waals surface area contributed by atoms with Crippen LogP contribution in [0.25, 0.3) is 0 Å². The zero-order chi connectivity index (χ0) is 14.5. The van der Waals surface area contributed by atoms with E-state index < -0.39 is 0 Å². The summed E-state index contributed by atoms with van der Waals surface area (Å²) in [7, 11) is 1.57. The third-order valence-electron chi connectivity index (χ3n) is 2.76. The van der Waals surface area contributed by atoms with E-state index in [1.807, 2.05) is 18.4 Å². The van der Waals surface area contributed by atoms with Crippen molar-refractivity contribution in [3.05, 3.63) is 42.0 Å². The molecule has 0 aliphatic heterocycles. The number of hydrogen-bond donors (Lipinski definition) is 1. The first-order valence-electron chi connectivity index (χ1n) is 5.88. The number of nitrogens with two attached hydrogens (primary N) is 1. The van der Waals surface area contributed by atoms with Crippen molar-refractivity contribution < 1.29 is 9.47 Å². The second-order valence-electron chi connectivity index (χ2n) is 3.95. The van der Waals surface area contributed by atoms with Gasteiger partial charge in [-0.3, -0.25) is 0 Å². The van der Waals surface area contributed by atoms with Crippen LogP contribution in [0.4, 0.5) is 5.69 Å². The second kappa shape index (κ2) is 6.22. The number of nitriles is 1. The lowest BCUT2D eigenvalue weighted by atomic mass is 10.2. The van der Waals surface area contributed by atoms with Crippen LogP contribution in [0.1, 0.15) is 5.56 Å². The van der Waals surface area contributed by atoms with E-state index in [1.165, 1.54) is 11.8 Å². The van der Waals surface area contributed by atoms with Crippen molar-refractivity contribution in [3.8, 4) is 23.3 Å². The van der Waals surface area contributed by atoms with Gasteiger partial charge in [-0.25, -0.2) is 0 Å². The quantitative estimate of drug-likeness (QED) is 0.686. The van der Waals surface area contributed by atoms with Gasteiger partial charge in [-0.2, -0.15) is 5.26 Å². The molecule has 102 valence electrons. The third kappa shape index (κ3) is 2.81. The normalized spacial score (nSPS) is 9.85. The van der Waals surface area contributed by atoms with E-state index in [-0.39, 0.29) is 0 Å². The molecule has 0 aromatic heterocycles. The molecule has 20 heavy (non-hydrogen) atoms. The molecule has 0 spiro atoms. The Morgan fingerprint density at radius 1 is 1.20 bits per heavy atom. The number of benzene rings is 2. The molecule has 0 aliphatic rings. The Kier molecular flexibility index (Phi) is 4.38. The van der Waals surface area contributed by atoms with Gasteiger partial charge in [0.1, 0.15) is 23.1 Å². The first-order chi connectivity index (χ1) is 9.69. The highest BCUT2D eigenvalue weighted by molar-refractivity contribution is 7.98. The molecule has 0 atom stereocenters. The van der Waals surface area contributed by atoms with Gasteiger partial charge >= 0.3 is 0 Å². The summed E-state index contributed by atoms with van der Waals surface area (Å²) >= 11 is 1.50. The van der Waals surface area contributed by atoms with E-state index in [1.54, 1.807) is 31.4 Å². The SMILES string of the molecule is COc1ccc(N)c(Oc2cccc(SC)c2C#N)c1. The van der Waals surface area contributed by atoms with Crippen molar-refractivity contribution in [2.24, 2.45) is 0 Å². The fourth-order valence-corrected chi connectivity index (χ4v) is 2.29. The van der Waals surface area contributed by atoms with Gasteiger partial charge in [0.05, 0.1) is 12.8 Å². The monoisotopic (exact) mass is 286 g/mol. The number of nitrogens with zero attached hydrogens (tertiary/aromatic N) is 1. The minimum Gasteiger partial charge on any atom is -0.497 e. The summed E-state index contributed by atoms with van der Waals surface area (Å²) in [6, 6.07) is 12.8. The molecule has 0 aliphatic carbocycles. The smallest absolute Gasteiger partial charge is 0.154 e. The van der Waals surface area contributed by atoms with Crippen LogP contribution in [-0.4, -0.2) is 13.4 Å². The lowest BCUT2D eigenvalue weighted by Crippen LogP contribution is -1.95. The summed E-state index contributed by atoms with van der Waals surface area (Å²) < 4.78 is 10.9. The molecule has 0 bridgehead atoms. The van der Waals surface area contributed by atoms with Crippen molar-refractivity contribution in [2.45, 2.75) is 4.90 Å². The van der Waals surface area contributed by atoms with Crippen molar-refractivity contribution in [1.29, 1.82) is 5.26 Å². The lowest BCUT2D eigenvalue weighted by Gasteiger charge is -2.12. The number of anilines is 1. The molecule has 0 amide bonds. The molecule has 0 heterocycles. The van der Waals surface area contributed by atoms with Gasteiger partial charge in [0.25, 0.3) is 0 Å². The maximum Gasteiger partial charge on any atom is 0.154 e. The number of thioether (sulfide) groups is 1. The highest BCUT2D eigenvalue weighted by Crippen LogP contribution is 2.35. The van der Waals surface area contributed by atoms with Crippen LogP contribution in [0.15, 0.2) is 41.3 Å². The minimum absolute atomic E-state index is 0.471. The van der Waals surface area contributed by atoms with E-state index in [4.69, 9.17) is 15.2 Å². The highest BCUT2D eigenvalue weighted by Gasteiger charge is 2.11.